The second kappa shape index (κ2) is 5.65. The number of rotatable bonds is 2. The number of halogens is 4. The molecule has 22 heavy (non-hydrogen) atoms. The van der Waals surface area contributed by atoms with Crippen molar-refractivity contribution in [3.63, 3.8) is 0 Å². The molecule has 6 heteroatoms. The zero-order chi connectivity index (χ0) is 16.0. The molecule has 2 saturated heterocycles. The van der Waals surface area contributed by atoms with Crippen molar-refractivity contribution in [2.24, 2.45) is 5.92 Å². The van der Waals surface area contributed by atoms with Crippen LogP contribution in [0, 0.1) is 29.2 Å². The average molecular weight is 315 g/mol. The molecule has 0 spiro atoms. The highest BCUT2D eigenvalue weighted by molar-refractivity contribution is 5.98. The summed E-state index contributed by atoms with van der Waals surface area (Å²) in [5.41, 5.74) is -1.06. The first-order chi connectivity index (χ1) is 10.4. The number of ketones is 1. The molecule has 2 bridgehead atoms. The van der Waals surface area contributed by atoms with Crippen molar-refractivity contribution in [2.75, 3.05) is 7.05 Å². The second-order valence-corrected chi connectivity index (χ2v) is 6.28. The van der Waals surface area contributed by atoms with Crippen molar-refractivity contribution >= 4 is 5.78 Å². The molecule has 2 heterocycles. The highest BCUT2D eigenvalue weighted by Gasteiger charge is 2.40. The minimum absolute atomic E-state index is 0.130. The van der Waals surface area contributed by atoms with E-state index < -0.39 is 40.5 Å². The van der Waals surface area contributed by atoms with Crippen LogP contribution < -0.4 is 0 Å². The number of hydrogen-bond donors (Lipinski definition) is 0. The van der Waals surface area contributed by atoms with Crippen LogP contribution in [-0.2, 0) is 0 Å². The van der Waals surface area contributed by atoms with Gasteiger partial charge in [0.05, 0.1) is 5.56 Å². The largest absolute Gasteiger partial charge is 0.300 e. The van der Waals surface area contributed by atoms with E-state index in [1.54, 1.807) is 0 Å². The van der Waals surface area contributed by atoms with E-state index in [4.69, 9.17) is 0 Å². The minimum Gasteiger partial charge on any atom is -0.300 e. The topological polar surface area (TPSA) is 20.3 Å². The van der Waals surface area contributed by atoms with E-state index in [1.165, 1.54) is 0 Å². The van der Waals surface area contributed by atoms with Gasteiger partial charge in [-0.3, -0.25) is 4.79 Å². The minimum atomic E-state index is -1.59. The lowest BCUT2D eigenvalue weighted by atomic mass is 9.76. The lowest BCUT2D eigenvalue weighted by molar-refractivity contribution is 0.0334. The Bertz CT molecular complexity index is 578. The van der Waals surface area contributed by atoms with Gasteiger partial charge < -0.3 is 4.90 Å². The molecule has 2 atom stereocenters. The number of Topliss-reactive ketones (excluding diaryl/α,β-unsaturated/α-hetero) is 1. The molecule has 0 aliphatic carbocycles. The second-order valence-electron chi connectivity index (χ2n) is 6.28. The summed E-state index contributed by atoms with van der Waals surface area (Å²) in [6.07, 6.45) is 3.88. The first kappa shape index (κ1) is 15.5. The molecule has 0 saturated carbocycles. The molecule has 0 radical (unpaired) electrons. The fourth-order valence-corrected chi connectivity index (χ4v) is 3.82. The highest BCUT2D eigenvalue weighted by atomic mass is 19.2. The van der Waals surface area contributed by atoms with Gasteiger partial charge in [0.2, 0.25) is 0 Å². The van der Waals surface area contributed by atoms with Gasteiger partial charge in [-0.25, -0.2) is 17.6 Å². The molecule has 0 N–H and O–H groups in total. The van der Waals surface area contributed by atoms with E-state index in [0.717, 1.165) is 19.3 Å². The number of carbonyl (C=O) groups is 1. The summed E-state index contributed by atoms with van der Waals surface area (Å²) >= 11 is 0. The standard InChI is InChI=1S/C16H17F4NO/c1-21-9-3-2-4-10(21)6-8(5-9)16(22)13-14(19)11(17)7-12(18)15(13)20/h7-10H,2-6H2,1H3. The summed E-state index contributed by atoms with van der Waals surface area (Å²) < 4.78 is 54.2. The molecule has 2 unspecified atom stereocenters. The summed E-state index contributed by atoms with van der Waals surface area (Å²) in [4.78, 5) is 14.7. The summed E-state index contributed by atoms with van der Waals surface area (Å²) in [7, 11) is 1.98. The monoisotopic (exact) mass is 315 g/mol. The third-order valence-electron chi connectivity index (χ3n) is 5.07. The van der Waals surface area contributed by atoms with Crippen LogP contribution in [0.2, 0.25) is 0 Å². The van der Waals surface area contributed by atoms with E-state index >= 15 is 0 Å². The number of fused-ring (bicyclic) bond motifs is 2. The SMILES string of the molecule is CN1C2CCCC1CC(C(=O)c1c(F)c(F)cc(F)c1F)C2. The van der Waals surface area contributed by atoms with E-state index in [2.05, 4.69) is 4.90 Å². The summed E-state index contributed by atoms with van der Waals surface area (Å²) in [5.74, 6) is -7.65. The number of carbonyl (C=O) groups excluding carboxylic acids is 1. The zero-order valence-electron chi connectivity index (χ0n) is 12.2. The maximum Gasteiger partial charge on any atom is 0.172 e. The lowest BCUT2D eigenvalue weighted by Gasteiger charge is -2.46. The van der Waals surface area contributed by atoms with Gasteiger partial charge in [0.1, 0.15) is 0 Å². The molecule has 2 nitrogen and oxygen atoms in total. The lowest BCUT2D eigenvalue weighted by Crippen LogP contribution is -2.51. The van der Waals surface area contributed by atoms with Crippen molar-refractivity contribution in [1.29, 1.82) is 0 Å². The third-order valence-corrected chi connectivity index (χ3v) is 5.07. The molecular formula is C16H17F4NO. The summed E-state index contributed by atoms with van der Waals surface area (Å²) in [6, 6.07) is 0.502. The van der Waals surface area contributed by atoms with Gasteiger partial charge in [-0.2, -0.15) is 0 Å². The van der Waals surface area contributed by atoms with Crippen molar-refractivity contribution in [3.8, 4) is 0 Å². The molecule has 1 aromatic rings. The molecule has 0 amide bonds. The molecule has 0 aromatic heterocycles. The van der Waals surface area contributed by atoms with Crippen LogP contribution in [-0.4, -0.2) is 29.8 Å². The quantitative estimate of drug-likeness (QED) is 0.471. The Labute approximate surface area is 126 Å². The third kappa shape index (κ3) is 2.43. The average Bonchev–Trinajstić information content (AvgIpc) is 2.45. The molecular weight excluding hydrogens is 298 g/mol. The molecule has 2 aliphatic heterocycles. The van der Waals surface area contributed by atoms with E-state index in [-0.39, 0.29) is 18.2 Å². The van der Waals surface area contributed by atoms with Crippen LogP contribution >= 0.6 is 0 Å². The van der Waals surface area contributed by atoms with E-state index in [0.29, 0.717) is 12.8 Å². The number of benzene rings is 1. The maximum atomic E-state index is 13.8. The van der Waals surface area contributed by atoms with Crippen LogP contribution in [0.5, 0.6) is 0 Å². The first-order valence-electron chi connectivity index (χ1n) is 7.49. The van der Waals surface area contributed by atoms with Gasteiger partial charge in [-0.05, 0) is 32.7 Å². The Morgan fingerprint density at radius 1 is 1.05 bits per heavy atom. The normalized spacial score (nSPS) is 28.7. The van der Waals surface area contributed by atoms with Gasteiger partial charge in [0.25, 0.3) is 0 Å². The number of piperidine rings is 2. The van der Waals surface area contributed by atoms with Crippen LogP contribution in [0.3, 0.4) is 0 Å². The van der Waals surface area contributed by atoms with Crippen molar-refractivity contribution < 1.29 is 22.4 Å². The van der Waals surface area contributed by atoms with Crippen LogP contribution in [0.1, 0.15) is 42.5 Å². The Morgan fingerprint density at radius 2 is 1.55 bits per heavy atom. The van der Waals surface area contributed by atoms with Gasteiger partial charge in [-0.15, -0.1) is 0 Å². The number of hydrogen-bond acceptors (Lipinski definition) is 2. The first-order valence-corrected chi connectivity index (χ1v) is 7.49. The predicted molar refractivity (Wildman–Crippen MR) is 72.5 cm³/mol. The fraction of sp³-hybridized carbons (Fsp3) is 0.562. The number of nitrogens with zero attached hydrogens (tertiary/aromatic N) is 1. The van der Waals surface area contributed by atoms with Crippen LogP contribution in [0.15, 0.2) is 6.07 Å². The zero-order valence-corrected chi connectivity index (χ0v) is 12.2. The van der Waals surface area contributed by atoms with Crippen LogP contribution in [0.4, 0.5) is 17.6 Å². The summed E-state index contributed by atoms with van der Waals surface area (Å²) in [6.45, 7) is 0. The van der Waals surface area contributed by atoms with Crippen LogP contribution in [0.25, 0.3) is 0 Å². The van der Waals surface area contributed by atoms with Crippen molar-refractivity contribution in [1.82, 2.24) is 4.90 Å². The molecule has 2 fully saturated rings. The molecule has 120 valence electrons. The van der Waals surface area contributed by atoms with Gasteiger partial charge in [0.15, 0.2) is 29.1 Å². The van der Waals surface area contributed by atoms with E-state index in [1.807, 2.05) is 7.05 Å². The highest BCUT2D eigenvalue weighted by Crippen LogP contribution is 2.38. The Kier molecular flexibility index (Phi) is 3.97. The fourth-order valence-electron chi connectivity index (χ4n) is 3.82. The smallest absolute Gasteiger partial charge is 0.172 e. The predicted octanol–water partition coefficient (Wildman–Crippen LogP) is 3.69. The molecule has 2 aliphatic rings. The molecule has 1 aromatic carbocycles. The van der Waals surface area contributed by atoms with Crippen molar-refractivity contribution in [3.05, 3.63) is 34.9 Å². The van der Waals surface area contributed by atoms with Gasteiger partial charge in [-0.1, -0.05) is 6.42 Å². The maximum absolute atomic E-state index is 13.8. The molecule has 3 rings (SSSR count). The van der Waals surface area contributed by atoms with Gasteiger partial charge in [0, 0.05) is 24.1 Å². The Balaban J connectivity index is 1.92. The van der Waals surface area contributed by atoms with Gasteiger partial charge >= 0.3 is 0 Å². The Hall–Kier alpha value is -1.43. The van der Waals surface area contributed by atoms with Crippen molar-refractivity contribution in [2.45, 2.75) is 44.2 Å². The summed E-state index contributed by atoms with van der Waals surface area (Å²) in [5, 5.41) is 0. The van der Waals surface area contributed by atoms with E-state index in [9.17, 15) is 22.4 Å². The Morgan fingerprint density at radius 3 is 2.05 bits per heavy atom.